The summed E-state index contributed by atoms with van der Waals surface area (Å²) in [6.07, 6.45) is 14.8. The minimum Gasteiger partial charge on any atom is -0.492 e. The molecule has 5 aliphatic rings. The Hall–Kier alpha value is -4.75. The molecule has 2 aromatic carbocycles. The number of hydrogen-bond acceptors (Lipinski definition) is 12. The molecule has 9 atom stereocenters. The van der Waals surface area contributed by atoms with Gasteiger partial charge in [0.2, 0.25) is 29.5 Å². The number of hydrogen-bond donors (Lipinski definition) is 7. The first-order valence-corrected chi connectivity index (χ1v) is 26.9. The highest BCUT2D eigenvalue weighted by atomic mass is 16.7. The molecule has 18 heteroatoms. The van der Waals surface area contributed by atoms with Gasteiger partial charge >= 0.3 is 7.12 Å². The number of unbranched alkanes of at least 4 members (excludes halogenated alkanes) is 10. The Morgan fingerprint density at radius 3 is 2.06 bits per heavy atom. The lowest BCUT2D eigenvalue weighted by Crippen LogP contribution is -2.65. The van der Waals surface area contributed by atoms with Crippen molar-refractivity contribution in [1.29, 1.82) is 0 Å². The fourth-order valence-electron chi connectivity index (χ4n) is 11.4. The van der Waals surface area contributed by atoms with Crippen LogP contribution in [-0.2, 0) is 39.7 Å². The first-order chi connectivity index (χ1) is 34.5. The van der Waals surface area contributed by atoms with Crippen molar-refractivity contribution in [2.24, 2.45) is 34.5 Å². The Bertz CT molecular complexity index is 2180. The van der Waals surface area contributed by atoms with Crippen LogP contribution in [0.4, 0.5) is 0 Å². The fourth-order valence-corrected chi connectivity index (χ4v) is 11.4. The van der Waals surface area contributed by atoms with E-state index in [9.17, 15) is 24.0 Å². The number of carbonyl (C=O) groups is 5. The van der Waals surface area contributed by atoms with E-state index < -0.39 is 66.5 Å². The van der Waals surface area contributed by atoms with Gasteiger partial charge in [-0.2, -0.15) is 0 Å². The molecule has 72 heavy (non-hydrogen) atoms. The zero-order valence-corrected chi connectivity index (χ0v) is 44.2. The van der Waals surface area contributed by atoms with Gasteiger partial charge in [0.1, 0.15) is 48.9 Å². The maximum atomic E-state index is 14.7. The van der Waals surface area contributed by atoms with Crippen molar-refractivity contribution in [2.45, 2.75) is 180 Å². The van der Waals surface area contributed by atoms with Crippen LogP contribution in [0.1, 0.15) is 149 Å². The van der Waals surface area contributed by atoms with E-state index in [0.717, 1.165) is 32.1 Å². The van der Waals surface area contributed by atoms with Gasteiger partial charge in [-0.15, -0.1) is 0 Å². The number of likely N-dealkylation sites (N-methyl/N-ethyl adjacent to an activating group) is 1. The average molecular weight is 1000 g/mol. The van der Waals surface area contributed by atoms with Crippen LogP contribution in [-0.4, -0.2) is 117 Å². The second-order valence-corrected chi connectivity index (χ2v) is 21.5. The fraction of sp³-hybridized carbons (Fsp3) is 0.685. The zero-order chi connectivity index (χ0) is 52.2. The number of carbonyl (C=O) groups excluding carboxylic acids is 5. The van der Waals surface area contributed by atoms with Crippen LogP contribution in [0.15, 0.2) is 36.4 Å². The van der Waals surface area contributed by atoms with E-state index in [1.54, 1.807) is 24.3 Å². The van der Waals surface area contributed by atoms with E-state index >= 15 is 0 Å². The summed E-state index contributed by atoms with van der Waals surface area (Å²) in [7, 11) is 0.765. The van der Waals surface area contributed by atoms with Gasteiger partial charge in [-0.3, -0.25) is 24.0 Å². The molecule has 0 spiro atoms. The number of nitrogens with one attached hydrogen (secondary N) is 4. The third-order valence-corrected chi connectivity index (χ3v) is 15.8. The predicted octanol–water partition coefficient (Wildman–Crippen LogP) is 4.99. The number of amides is 5. The summed E-state index contributed by atoms with van der Waals surface area (Å²) >= 11 is 0. The molecule has 5 amide bonds. The third-order valence-electron chi connectivity index (χ3n) is 15.8. The van der Waals surface area contributed by atoms with Crippen molar-refractivity contribution in [3.8, 4) is 22.6 Å². The Labute approximate surface area is 428 Å². The van der Waals surface area contributed by atoms with Gasteiger partial charge in [-0.05, 0) is 92.7 Å². The molecule has 0 radical (unpaired) electrons. The molecule has 2 heterocycles. The highest BCUT2D eigenvalue weighted by Crippen LogP contribution is 2.65. The molecule has 7 rings (SSSR count). The van der Waals surface area contributed by atoms with Gasteiger partial charge in [-0.25, -0.2) is 0 Å². The van der Waals surface area contributed by atoms with E-state index in [1.807, 2.05) is 19.1 Å². The van der Waals surface area contributed by atoms with Crippen LogP contribution in [0.5, 0.6) is 11.5 Å². The van der Waals surface area contributed by atoms with Gasteiger partial charge in [0.15, 0.2) is 0 Å². The van der Waals surface area contributed by atoms with E-state index in [1.165, 1.54) is 63.8 Å². The number of nitrogens with two attached hydrogens (primary N) is 3. The highest BCUT2D eigenvalue weighted by molar-refractivity contribution is 6.47. The van der Waals surface area contributed by atoms with Crippen LogP contribution in [0.3, 0.4) is 0 Å². The summed E-state index contributed by atoms with van der Waals surface area (Å²) < 4.78 is 25.6. The molecule has 10 N–H and O–H groups in total. The standard InChI is InChI=1S/C54H85BN8O9/c1-8-9-10-11-12-13-14-15-16-17-18-19-47(64)61-42(33-58)52(68)63(7)48-37-21-23-44(70-27-25-57)40(30-37)39-28-36(20-22-43(39)69-26-24-56)29-41(62-49(65)34(2)59-51(48)67)50(66)60-35(3)55-71-46-32-38-31-45(53(38,4)5)54(46,6)72-55/h20-23,28,30,34-35,38,41-42,45-46,48H,8-19,24-27,29,31-33,56-58H2,1-7H3,(H,59,67)(H,60,66)(H,61,64)(H,62,65)/t34-,35-,38-,41-,42-,45-,46+,48-,54-/m0/s1. The Balaban J connectivity index is 1.23. The Morgan fingerprint density at radius 1 is 0.833 bits per heavy atom. The molecule has 17 nitrogen and oxygen atoms in total. The van der Waals surface area contributed by atoms with Crippen molar-refractivity contribution >= 4 is 36.7 Å². The van der Waals surface area contributed by atoms with Gasteiger partial charge in [-0.1, -0.05) is 97.1 Å². The molecule has 1 saturated heterocycles. The van der Waals surface area contributed by atoms with Gasteiger partial charge in [0.25, 0.3) is 0 Å². The Morgan fingerprint density at radius 2 is 1.44 bits per heavy atom. The lowest BCUT2D eigenvalue weighted by Gasteiger charge is -2.64. The first kappa shape index (κ1) is 56.5. The molecule has 2 aliphatic heterocycles. The SMILES string of the molecule is CCCCCCCCCCCCCC(=O)N[C@@H](CN)C(=O)N(C)[C@@H]1C(=O)N[C@@H](C)C(=O)N[C@H](C(=O)N[C@@H](C)B2O[C@@H]3C[C@@H]4C[C@@H](C4(C)C)[C@]3(C)O2)Cc2ccc(OCCN)c(c2)-c2cc1ccc2OCCN. The molecule has 3 saturated carbocycles. The lowest BCUT2D eigenvalue weighted by atomic mass is 9.43. The molecule has 3 aliphatic carbocycles. The van der Waals surface area contributed by atoms with E-state index in [4.69, 9.17) is 36.0 Å². The maximum Gasteiger partial charge on any atom is 0.481 e. The van der Waals surface area contributed by atoms with Crippen LogP contribution in [0, 0.1) is 17.3 Å². The summed E-state index contributed by atoms with van der Waals surface area (Å²) in [5.41, 5.74) is 19.7. The van der Waals surface area contributed by atoms with Gasteiger partial charge in [0, 0.05) is 50.7 Å². The monoisotopic (exact) mass is 1000 g/mol. The molecule has 0 unspecified atom stereocenters. The van der Waals surface area contributed by atoms with Crippen molar-refractivity contribution < 1.29 is 42.8 Å². The maximum absolute atomic E-state index is 14.7. The largest absolute Gasteiger partial charge is 0.492 e. The quantitative estimate of drug-likeness (QED) is 0.0514. The second-order valence-electron chi connectivity index (χ2n) is 21.5. The zero-order valence-electron chi connectivity index (χ0n) is 44.2. The summed E-state index contributed by atoms with van der Waals surface area (Å²) in [6, 6.07) is 5.81. The number of nitrogens with zero attached hydrogens (tertiary/aromatic N) is 1. The third kappa shape index (κ3) is 13.5. The average Bonchev–Trinajstić information content (AvgIpc) is 3.73. The van der Waals surface area contributed by atoms with Crippen molar-refractivity contribution in [2.75, 3.05) is 39.9 Å². The number of benzene rings is 2. The van der Waals surface area contributed by atoms with Crippen molar-refractivity contribution in [3.05, 3.63) is 47.5 Å². The van der Waals surface area contributed by atoms with Crippen molar-refractivity contribution in [3.63, 3.8) is 0 Å². The minimum atomic E-state index is -1.33. The lowest BCUT2D eigenvalue weighted by molar-refractivity contribution is -0.199. The van der Waals surface area contributed by atoms with Crippen LogP contribution < -0.4 is 47.9 Å². The number of ether oxygens (including phenoxy) is 2. The minimum absolute atomic E-state index is 0.0593. The number of fused-ring (bicyclic) bond motifs is 5. The molecule has 6 bridgehead atoms. The van der Waals surface area contributed by atoms with Crippen LogP contribution in [0.2, 0.25) is 0 Å². The molecule has 0 aromatic heterocycles. The van der Waals surface area contributed by atoms with Crippen LogP contribution in [0.25, 0.3) is 11.1 Å². The van der Waals surface area contributed by atoms with E-state index in [0.29, 0.717) is 52.0 Å². The molecular formula is C54H85BN8O9. The van der Waals surface area contributed by atoms with E-state index in [-0.39, 0.29) is 63.1 Å². The predicted molar refractivity (Wildman–Crippen MR) is 280 cm³/mol. The van der Waals surface area contributed by atoms with E-state index in [2.05, 4.69) is 49.0 Å². The molecular weight excluding hydrogens is 915 g/mol. The topological polar surface area (TPSA) is 252 Å². The number of rotatable bonds is 25. The summed E-state index contributed by atoms with van der Waals surface area (Å²) in [5, 5.41) is 11.6. The van der Waals surface area contributed by atoms with Crippen LogP contribution >= 0.6 is 0 Å². The molecule has 4 fully saturated rings. The molecule has 2 aromatic rings. The normalized spacial score (nSPS) is 25.1. The van der Waals surface area contributed by atoms with Gasteiger partial charge < -0.3 is 62.2 Å². The smallest absolute Gasteiger partial charge is 0.481 e. The first-order valence-electron chi connectivity index (χ1n) is 26.9. The van der Waals surface area contributed by atoms with Gasteiger partial charge in [0.05, 0.1) is 17.6 Å². The van der Waals surface area contributed by atoms with Crippen molar-refractivity contribution in [1.82, 2.24) is 26.2 Å². The summed E-state index contributed by atoms with van der Waals surface area (Å²) in [5.74, 6) is -1.52. The highest BCUT2D eigenvalue weighted by Gasteiger charge is 2.68. The second kappa shape index (κ2) is 26.0. The summed E-state index contributed by atoms with van der Waals surface area (Å²) in [6.45, 7) is 12.8. The molecule has 398 valence electrons. The summed E-state index contributed by atoms with van der Waals surface area (Å²) in [4.78, 5) is 72.3. The Kier molecular flexibility index (Phi) is 20.4.